The van der Waals surface area contributed by atoms with E-state index in [1.165, 1.54) is 0 Å². The number of esters is 1. The average Bonchev–Trinajstić information content (AvgIpc) is 2.68. The van der Waals surface area contributed by atoms with Gasteiger partial charge >= 0.3 is 5.97 Å². The van der Waals surface area contributed by atoms with Crippen molar-refractivity contribution in [3.8, 4) is 22.6 Å². The minimum Gasteiger partial charge on any atom is -0.482 e. The predicted octanol–water partition coefficient (Wildman–Crippen LogP) is 4.90. The molecule has 3 nitrogen and oxygen atoms in total. The summed E-state index contributed by atoms with van der Waals surface area (Å²) in [5.41, 5.74) is 3.27. The van der Waals surface area contributed by atoms with Crippen LogP contribution in [0.1, 0.15) is 12.5 Å². The van der Waals surface area contributed by atoms with Crippen molar-refractivity contribution in [1.82, 2.24) is 0 Å². The fourth-order valence-corrected chi connectivity index (χ4v) is 2.58. The maximum Gasteiger partial charge on any atom is 0.349 e. The lowest BCUT2D eigenvalue weighted by molar-refractivity contribution is -0.136. The third kappa shape index (κ3) is 4.48. The van der Waals surface area contributed by atoms with E-state index in [1.54, 1.807) is 12.1 Å². The van der Waals surface area contributed by atoms with E-state index in [2.05, 4.69) is 6.92 Å². The number of aryl methyl sites for hydroxylation is 1. The van der Waals surface area contributed by atoms with Crippen LogP contribution in [-0.4, -0.2) is 12.6 Å². The molecule has 0 atom stereocenters. The Morgan fingerprint density at radius 2 is 1.44 bits per heavy atom. The normalized spacial score (nSPS) is 10.3. The Labute approximate surface area is 147 Å². The van der Waals surface area contributed by atoms with Gasteiger partial charge in [0, 0.05) is 0 Å². The lowest BCUT2D eigenvalue weighted by Crippen LogP contribution is -2.18. The molecule has 0 aliphatic carbocycles. The van der Waals surface area contributed by atoms with Gasteiger partial charge in [-0.3, -0.25) is 0 Å². The summed E-state index contributed by atoms with van der Waals surface area (Å²) in [6.07, 6.45) is 0.853. The van der Waals surface area contributed by atoms with Crippen LogP contribution in [0.15, 0.2) is 78.9 Å². The first kappa shape index (κ1) is 16.8. The van der Waals surface area contributed by atoms with Gasteiger partial charge in [-0.05, 0) is 41.3 Å². The Morgan fingerprint density at radius 3 is 2.16 bits per heavy atom. The largest absolute Gasteiger partial charge is 0.482 e. The van der Waals surface area contributed by atoms with Gasteiger partial charge in [0.1, 0.15) is 11.5 Å². The Balaban J connectivity index is 1.58. The van der Waals surface area contributed by atoms with E-state index in [1.807, 2.05) is 66.7 Å². The fourth-order valence-electron chi connectivity index (χ4n) is 2.58. The summed E-state index contributed by atoms with van der Waals surface area (Å²) in [7, 11) is 0. The monoisotopic (exact) mass is 332 g/mol. The van der Waals surface area contributed by atoms with E-state index in [0.29, 0.717) is 5.75 Å². The van der Waals surface area contributed by atoms with Crippen molar-refractivity contribution in [2.24, 2.45) is 0 Å². The molecule has 0 spiro atoms. The number of ether oxygens (including phenoxy) is 2. The lowest BCUT2D eigenvalue weighted by atomic mass is 10.1. The summed E-state index contributed by atoms with van der Waals surface area (Å²) in [5, 5.41) is 0. The topological polar surface area (TPSA) is 35.5 Å². The second kappa shape index (κ2) is 8.15. The van der Waals surface area contributed by atoms with Crippen LogP contribution < -0.4 is 9.47 Å². The Bertz CT molecular complexity index is 823. The van der Waals surface area contributed by atoms with Crippen molar-refractivity contribution in [1.29, 1.82) is 0 Å². The highest BCUT2D eigenvalue weighted by atomic mass is 16.6. The number of hydrogen-bond acceptors (Lipinski definition) is 3. The molecule has 3 rings (SSSR count). The van der Waals surface area contributed by atoms with Crippen LogP contribution in [0.5, 0.6) is 11.5 Å². The van der Waals surface area contributed by atoms with Gasteiger partial charge in [0.25, 0.3) is 0 Å². The van der Waals surface area contributed by atoms with Gasteiger partial charge < -0.3 is 9.47 Å². The summed E-state index contributed by atoms with van der Waals surface area (Å²) in [4.78, 5) is 12.0. The van der Waals surface area contributed by atoms with Gasteiger partial charge in [-0.25, -0.2) is 4.79 Å². The van der Waals surface area contributed by atoms with Gasteiger partial charge in [0.2, 0.25) is 0 Å². The number of benzene rings is 3. The summed E-state index contributed by atoms with van der Waals surface area (Å²) in [6.45, 7) is 1.94. The molecule has 0 aliphatic heterocycles. The zero-order valence-corrected chi connectivity index (χ0v) is 14.1. The molecule has 0 radical (unpaired) electrons. The third-order valence-electron chi connectivity index (χ3n) is 3.89. The Morgan fingerprint density at radius 1 is 0.800 bits per heavy atom. The molecule has 0 unspecified atom stereocenters. The minimum atomic E-state index is -0.418. The third-order valence-corrected chi connectivity index (χ3v) is 3.89. The van der Waals surface area contributed by atoms with Crippen LogP contribution in [0.3, 0.4) is 0 Å². The summed E-state index contributed by atoms with van der Waals surface area (Å²) in [5.74, 6) is 0.816. The highest BCUT2D eigenvalue weighted by Gasteiger charge is 2.08. The highest BCUT2D eigenvalue weighted by Crippen LogP contribution is 2.22. The fraction of sp³-hybridized carbons (Fsp3) is 0.136. The SMILES string of the molecule is CCc1ccccc1OCC(=O)Oc1ccc(-c2ccccc2)cc1. The van der Waals surface area contributed by atoms with E-state index in [0.717, 1.165) is 28.9 Å². The molecule has 0 heterocycles. The van der Waals surface area contributed by atoms with Crippen LogP contribution in [0, 0.1) is 0 Å². The molecule has 0 aromatic heterocycles. The molecule has 0 fully saturated rings. The molecule has 0 saturated carbocycles. The molecule has 3 aromatic carbocycles. The quantitative estimate of drug-likeness (QED) is 0.476. The van der Waals surface area contributed by atoms with Crippen LogP contribution in [0.25, 0.3) is 11.1 Å². The van der Waals surface area contributed by atoms with E-state index in [-0.39, 0.29) is 6.61 Å². The molecule has 3 aromatic rings. The standard InChI is InChI=1S/C22H20O3/c1-2-17-8-6-7-11-21(17)24-16-22(23)25-20-14-12-19(13-15-20)18-9-4-3-5-10-18/h3-15H,2,16H2,1H3. The predicted molar refractivity (Wildman–Crippen MR) is 98.8 cm³/mol. The molecule has 0 N–H and O–H groups in total. The molecular weight excluding hydrogens is 312 g/mol. The van der Waals surface area contributed by atoms with Gasteiger partial charge in [0.15, 0.2) is 6.61 Å². The van der Waals surface area contributed by atoms with E-state index in [4.69, 9.17) is 9.47 Å². The molecule has 0 amide bonds. The van der Waals surface area contributed by atoms with Gasteiger partial charge in [0.05, 0.1) is 0 Å². The minimum absolute atomic E-state index is 0.114. The number of carbonyl (C=O) groups excluding carboxylic acids is 1. The molecule has 126 valence electrons. The second-order valence-electron chi connectivity index (χ2n) is 5.61. The van der Waals surface area contributed by atoms with Crippen molar-refractivity contribution in [3.63, 3.8) is 0 Å². The van der Waals surface area contributed by atoms with Crippen molar-refractivity contribution in [2.75, 3.05) is 6.61 Å². The number of rotatable bonds is 6. The van der Waals surface area contributed by atoms with Gasteiger partial charge in [-0.1, -0.05) is 67.6 Å². The van der Waals surface area contributed by atoms with Crippen molar-refractivity contribution in [2.45, 2.75) is 13.3 Å². The second-order valence-corrected chi connectivity index (χ2v) is 5.61. The first-order valence-electron chi connectivity index (χ1n) is 8.33. The van der Waals surface area contributed by atoms with E-state index in [9.17, 15) is 4.79 Å². The summed E-state index contributed by atoms with van der Waals surface area (Å²) < 4.78 is 10.9. The van der Waals surface area contributed by atoms with Gasteiger partial charge in [-0.2, -0.15) is 0 Å². The van der Waals surface area contributed by atoms with E-state index < -0.39 is 5.97 Å². The summed E-state index contributed by atoms with van der Waals surface area (Å²) in [6, 6.07) is 25.2. The molecule has 0 bridgehead atoms. The Kier molecular flexibility index (Phi) is 5.47. The maximum atomic E-state index is 12.0. The van der Waals surface area contributed by atoms with E-state index >= 15 is 0 Å². The lowest BCUT2D eigenvalue weighted by Gasteiger charge is -2.10. The first-order valence-corrected chi connectivity index (χ1v) is 8.33. The molecule has 0 aliphatic rings. The maximum absolute atomic E-state index is 12.0. The molecule has 25 heavy (non-hydrogen) atoms. The smallest absolute Gasteiger partial charge is 0.349 e. The van der Waals surface area contributed by atoms with Crippen molar-refractivity contribution >= 4 is 5.97 Å². The molecular formula is C22H20O3. The first-order chi connectivity index (χ1) is 12.3. The van der Waals surface area contributed by atoms with Crippen LogP contribution in [-0.2, 0) is 11.2 Å². The van der Waals surface area contributed by atoms with Crippen molar-refractivity contribution < 1.29 is 14.3 Å². The zero-order valence-electron chi connectivity index (χ0n) is 14.1. The molecule has 3 heteroatoms. The number of para-hydroxylation sites is 1. The number of carbonyl (C=O) groups is 1. The molecule has 0 saturated heterocycles. The van der Waals surface area contributed by atoms with Gasteiger partial charge in [-0.15, -0.1) is 0 Å². The summed E-state index contributed by atoms with van der Waals surface area (Å²) >= 11 is 0. The zero-order chi connectivity index (χ0) is 17.5. The average molecular weight is 332 g/mol. The van der Waals surface area contributed by atoms with Crippen molar-refractivity contribution in [3.05, 3.63) is 84.4 Å². The highest BCUT2D eigenvalue weighted by molar-refractivity contribution is 5.74. The Hall–Kier alpha value is -3.07. The van der Waals surface area contributed by atoms with Crippen LogP contribution >= 0.6 is 0 Å². The van der Waals surface area contributed by atoms with Crippen LogP contribution in [0.4, 0.5) is 0 Å². The number of hydrogen-bond donors (Lipinski definition) is 0. The van der Waals surface area contributed by atoms with Crippen LogP contribution in [0.2, 0.25) is 0 Å².